The molecule has 0 spiro atoms. The highest BCUT2D eigenvalue weighted by Crippen LogP contribution is 2.09. The third-order valence-corrected chi connectivity index (χ3v) is 1.75. The molecule has 0 saturated heterocycles. The fraction of sp³-hybridized carbons (Fsp3) is 0.700. The number of rotatable bonds is 4. The number of aliphatic imine (C=N–C) groups is 1. The van der Waals surface area contributed by atoms with E-state index in [1.54, 1.807) is 0 Å². The Morgan fingerprint density at radius 2 is 2.20 bits per heavy atom. The normalized spacial score (nSPS) is 17.0. The fourth-order valence-corrected chi connectivity index (χ4v) is 1.16. The number of nitrogens with zero attached hydrogens (tertiary/aromatic N) is 2. The molecule has 0 fully saturated rings. The minimum Gasteiger partial charge on any atom is -0.317 e. The molecule has 0 aromatic rings. The zero-order valence-corrected chi connectivity index (χ0v) is 10.0. The third-order valence-electron chi connectivity index (χ3n) is 1.75. The number of hydrogen-bond acceptors (Lipinski definition) is 5. The Bertz CT molecular complexity index is 225. The molecule has 15 heavy (non-hydrogen) atoms. The van der Waals surface area contributed by atoms with E-state index in [-0.39, 0.29) is 0 Å². The van der Waals surface area contributed by atoms with Gasteiger partial charge in [0.15, 0.2) is 0 Å². The molecule has 1 heterocycles. The van der Waals surface area contributed by atoms with E-state index in [0.29, 0.717) is 6.54 Å². The van der Waals surface area contributed by atoms with Crippen molar-refractivity contribution < 1.29 is 5.21 Å². The van der Waals surface area contributed by atoms with Gasteiger partial charge in [-0.15, -0.1) is 0 Å². The predicted molar refractivity (Wildman–Crippen MR) is 62.5 cm³/mol. The van der Waals surface area contributed by atoms with Gasteiger partial charge in [-0.1, -0.05) is 20.8 Å². The maximum Gasteiger partial charge on any atom is 0.146 e. The van der Waals surface area contributed by atoms with E-state index in [1.807, 2.05) is 32.0 Å². The summed E-state index contributed by atoms with van der Waals surface area (Å²) in [6.07, 6.45) is 3.84. The third kappa shape index (κ3) is 4.80. The summed E-state index contributed by atoms with van der Waals surface area (Å²) in [6, 6.07) is 0. The van der Waals surface area contributed by atoms with Crippen LogP contribution in [0.1, 0.15) is 33.6 Å². The molecule has 3 N–H and O–H groups in total. The van der Waals surface area contributed by atoms with Crippen molar-refractivity contribution in [3.63, 3.8) is 0 Å². The van der Waals surface area contributed by atoms with Crippen molar-refractivity contribution in [3.05, 3.63) is 11.9 Å². The zero-order valence-electron chi connectivity index (χ0n) is 10.0. The van der Waals surface area contributed by atoms with Crippen molar-refractivity contribution in [2.45, 2.75) is 33.6 Å². The minimum absolute atomic E-state index is 0.407. The molecule has 88 valence electrons. The Morgan fingerprint density at radius 1 is 1.53 bits per heavy atom. The van der Waals surface area contributed by atoms with E-state index in [2.05, 4.69) is 22.8 Å². The van der Waals surface area contributed by atoms with Gasteiger partial charge in [-0.3, -0.25) is 10.4 Å². The lowest BCUT2D eigenvalue weighted by molar-refractivity contribution is 0.179. The second-order valence-corrected chi connectivity index (χ2v) is 2.90. The van der Waals surface area contributed by atoms with E-state index in [9.17, 15) is 0 Å². The van der Waals surface area contributed by atoms with Crippen LogP contribution < -0.4 is 10.9 Å². The molecule has 0 unspecified atom stereocenters. The number of amidine groups is 1. The lowest BCUT2D eigenvalue weighted by Gasteiger charge is -2.12. The first-order valence-electron chi connectivity index (χ1n) is 5.43. The lowest BCUT2D eigenvalue weighted by atomic mass is 10.3. The lowest BCUT2D eigenvalue weighted by Crippen LogP contribution is -2.31. The van der Waals surface area contributed by atoms with Crippen molar-refractivity contribution >= 4 is 5.84 Å². The molecule has 5 heteroatoms. The molecule has 0 aromatic carbocycles. The number of hydrazine groups is 1. The molecule has 0 aromatic heterocycles. The number of hydroxylamine groups is 1. The van der Waals surface area contributed by atoms with Gasteiger partial charge in [0.05, 0.1) is 0 Å². The monoisotopic (exact) mass is 214 g/mol. The van der Waals surface area contributed by atoms with Gasteiger partial charge in [-0.25, -0.2) is 10.5 Å². The van der Waals surface area contributed by atoms with E-state index in [4.69, 9.17) is 5.21 Å². The van der Waals surface area contributed by atoms with Gasteiger partial charge in [0, 0.05) is 20.0 Å². The van der Waals surface area contributed by atoms with Crippen LogP contribution in [0, 0.1) is 0 Å². The predicted octanol–water partition coefficient (Wildman–Crippen LogP) is 1.48. The molecule has 0 aliphatic carbocycles. The van der Waals surface area contributed by atoms with Crippen molar-refractivity contribution in [2.75, 3.05) is 13.6 Å². The summed E-state index contributed by atoms with van der Waals surface area (Å²) in [5.41, 5.74) is 5.18. The van der Waals surface area contributed by atoms with Gasteiger partial charge in [0.25, 0.3) is 0 Å². The number of nitrogens with one attached hydrogen (secondary N) is 2. The molecule has 1 aliphatic rings. The molecule has 0 amide bonds. The molecular formula is C10H22N4O. The average Bonchev–Trinajstić information content (AvgIpc) is 2.60. The van der Waals surface area contributed by atoms with Gasteiger partial charge < -0.3 is 5.21 Å². The van der Waals surface area contributed by atoms with Crippen LogP contribution in [-0.4, -0.2) is 29.6 Å². The van der Waals surface area contributed by atoms with Crippen LogP contribution in [0.15, 0.2) is 16.9 Å². The Hall–Kier alpha value is -1.07. The number of hydrogen-bond donors (Lipinski definition) is 3. The molecule has 0 saturated carbocycles. The summed E-state index contributed by atoms with van der Waals surface area (Å²) in [5, 5.41) is 10.2. The minimum atomic E-state index is 0.407. The van der Waals surface area contributed by atoms with Crippen LogP contribution >= 0.6 is 0 Å². The van der Waals surface area contributed by atoms with Crippen LogP contribution in [0.3, 0.4) is 0 Å². The summed E-state index contributed by atoms with van der Waals surface area (Å²) >= 11 is 0. The van der Waals surface area contributed by atoms with Crippen molar-refractivity contribution in [2.24, 2.45) is 4.99 Å². The Balaban J connectivity index is 0.000000921. The first-order chi connectivity index (χ1) is 7.27. The largest absolute Gasteiger partial charge is 0.317 e. The molecule has 1 rings (SSSR count). The van der Waals surface area contributed by atoms with Crippen LogP contribution in [0.2, 0.25) is 0 Å². The SMILES string of the molecule is CC.CCCC1=N/C(=C\CNO)N(C)N1. The first kappa shape index (κ1) is 13.9. The molecule has 0 radical (unpaired) electrons. The van der Waals surface area contributed by atoms with E-state index in [1.165, 1.54) is 0 Å². The summed E-state index contributed by atoms with van der Waals surface area (Å²) < 4.78 is 0. The van der Waals surface area contributed by atoms with Gasteiger partial charge in [-0.05, 0) is 12.5 Å². The molecule has 5 nitrogen and oxygen atoms in total. The maximum absolute atomic E-state index is 8.40. The highest BCUT2D eigenvalue weighted by molar-refractivity contribution is 5.84. The Kier molecular flexibility index (Phi) is 7.67. The highest BCUT2D eigenvalue weighted by Gasteiger charge is 2.13. The average molecular weight is 214 g/mol. The first-order valence-corrected chi connectivity index (χ1v) is 5.43. The standard InChI is InChI=1S/C8H16N4O.C2H6/c1-3-4-7-10-8(5-6-9-13)12(2)11-7;1-2/h5,9,13H,3-4,6H2,1-2H3,(H,10,11);1-2H3/b8-5+;. The smallest absolute Gasteiger partial charge is 0.146 e. The highest BCUT2D eigenvalue weighted by atomic mass is 16.5. The summed E-state index contributed by atoms with van der Waals surface area (Å²) in [5.74, 6) is 1.82. The second-order valence-electron chi connectivity index (χ2n) is 2.90. The quantitative estimate of drug-likeness (QED) is 0.620. The second kappa shape index (κ2) is 8.26. The van der Waals surface area contributed by atoms with E-state index >= 15 is 0 Å². The molecular weight excluding hydrogens is 192 g/mol. The van der Waals surface area contributed by atoms with Gasteiger partial charge in [0.2, 0.25) is 0 Å². The fourth-order valence-electron chi connectivity index (χ4n) is 1.16. The molecule has 0 atom stereocenters. The maximum atomic E-state index is 8.40. The van der Waals surface area contributed by atoms with Crippen LogP contribution in [0.4, 0.5) is 0 Å². The van der Waals surface area contributed by atoms with Crippen LogP contribution in [-0.2, 0) is 0 Å². The van der Waals surface area contributed by atoms with Gasteiger partial charge in [-0.2, -0.15) is 0 Å². The summed E-state index contributed by atoms with van der Waals surface area (Å²) in [6.45, 7) is 6.52. The van der Waals surface area contributed by atoms with E-state index < -0.39 is 0 Å². The van der Waals surface area contributed by atoms with Crippen molar-refractivity contribution in [1.82, 2.24) is 15.9 Å². The Labute approximate surface area is 91.8 Å². The molecule has 1 aliphatic heterocycles. The zero-order chi connectivity index (χ0) is 11.7. The van der Waals surface area contributed by atoms with Crippen molar-refractivity contribution in [3.8, 4) is 0 Å². The van der Waals surface area contributed by atoms with Crippen LogP contribution in [0.25, 0.3) is 0 Å². The Morgan fingerprint density at radius 3 is 2.73 bits per heavy atom. The van der Waals surface area contributed by atoms with Gasteiger partial charge >= 0.3 is 0 Å². The molecule has 0 bridgehead atoms. The topological polar surface area (TPSA) is 59.9 Å². The van der Waals surface area contributed by atoms with E-state index in [0.717, 1.165) is 24.5 Å². The summed E-state index contributed by atoms with van der Waals surface area (Å²) in [7, 11) is 1.90. The van der Waals surface area contributed by atoms with Gasteiger partial charge in [0.1, 0.15) is 11.7 Å². The van der Waals surface area contributed by atoms with Crippen LogP contribution in [0.5, 0.6) is 0 Å². The summed E-state index contributed by atoms with van der Waals surface area (Å²) in [4.78, 5) is 4.34. The van der Waals surface area contributed by atoms with Crippen molar-refractivity contribution in [1.29, 1.82) is 0 Å².